The molecule has 0 aromatic heterocycles. The minimum absolute atomic E-state index is 0.0645. The van der Waals surface area contributed by atoms with Crippen molar-refractivity contribution in [3.8, 4) is 0 Å². The summed E-state index contributed by atoms with van der Waals surface area (Å²) < 4.78 is 27.5. The number of carbonyl (C=O) groups is 1. The van der Waals surface area contributed by atoms with Gasteiger partial charge in [0.15, 0.2) is 0 Å². The van der Waals surface area contributed by atoms with Crippen LogP contribution in [0.15, 0.2) is 89.8 Å². The zero-order valence-corrected chi connectivity index (χ0v) is 16.5. The van der Waals surface area contributed by atoms with Gasteiger partial charge in [-0.1, -0.05) is 48.5 Å². The monoisotopic (exact) mass is 410 g/mol. The molecule has 0 unspecified atom stereocenters. The number of aliphatic hydroxyl groups is 1. The van der Waals surface area contributed by atoms with Crippen LogP contribution < -0.4 is 4.72 Å². The molecule has 0 saturated heterocycles. The van der Waals surface area contributed by atoms with E-state index >= 15 is 0 Å². The van der Waals surface area contributed by atoms with Gasteiger partial charge < -0.3 is 10.0 Å². The number of anilines is 1. The minimum Gasteiger partial charge on any atom is -0.395 e. The van der Waals surface area contributed by atoms with Gasteiger partial charge in [-0.2, -0.15) is 0 Å². The number of nitrogens with one attached hydrogen (secondary N) is 1. The molecule has 0 bridgehead atoms. The van der Waals surface area contributed by atoms with Crippen LogP contribution in [0.2, 0.25) is 0 Å². The molecule has 0 aliphatic heterocycles. The number of benzene rings is 3. The summed E-state index contributed by atoms with van der Waals surface area (Å²) in [6.07, 6.45) is 0. The number of carbonyl (C=O) groups excluding carboxylic acids is 1. The van der Waals surface area contributed by atoms with Gasteiger partial charge in [-0.15, -0.1) is 0 Å². The Morgan fingerprint density at radius 2 is 1.45 bits per heavy atom. The van der Waals surface area contributed by atoms with Gasteiger partial charge in [-0.25, -0.2) is 8.42 Å². The zero-order valence-electron chi connectivity index (χ0n) is 15.7. The first-order chi connectivity index (χ1) is 14.0. The maximum Gasteiger partial charge on any atom is 0.261 e. The summed E-state index contributed by atoms with van der Waals surface area (Å²) in [4.78, 5) is 14.4. The molecule has 0 heterocycles. The molecule has 3 aromatic rings. The van der Waals surface area contributed by atoms with Crippen molar-refractivity contribution in [2.45, 2.75) is 11.4 Å². The average Bonchev–Trinajstić information content (AvgIpc) is 2.74. The minimum atomic E-state index is -3.75. The number of aliphatic hydroxyl groups excluding tert-OH is 1. The van der Waals surface area contributed by atoms with Crippen molar-refractivity contribution in [2.75, 3.05) is 17.9 Å². The Labute approximate surface area is 170 Å². The van der Waals surface area contributed by atoms with Crippen molar-refractivity contribution < 1.29 is 18.3 Å². The van der Waals surface area contributed by atoms with Crippen LogP contribution in [0.3, 0.4) is 0 Å². The molecule has 1 amide bonds. The van der Waals surface area contributed by atoms with E-state index in [0.717, 1.165) is 5.56 Å². The summed E-state index contributed by atoms with van der Waals surface area (Å²) in [6, 6.07) is 23.8. The Bertz CT molecular complexity index is 1040. The van der Waals surface area contributed by atoms with Gasteiger partial charge in [0, 0.05) is 24.3 Å². The van der Waals surface area contributed by atoms with Crippen LogP contribution >= 0.6 is 0 Å². The van der Waals surface area contributed by atoms with Crippen molar-refractivity contribution in [3.05, 3.63) is 96.1 Å². The molecule has 0 fully saturated rings. The Hall–Kier alpha value is -3.16. The number of nitrogens with zero attached hydrogens (tertiary/aromatic N) is 1. The molecule has 7 heteroatoms. The van der Waals surface area contributed by atoms with Crippen LogP contribution in [0.25, 0.3) is 0 Å². The third-order valence-electron chi connectivity index (χ3n) is 4.31. The Balaban J connectivity index is 1.76. The highest BCUT2D eigenvalue weighted by atomic mass is 32.2. The molecule has 150 valence electrons. The highest BCUT2D eigenvalue weighted by Crippen LogP contribution is 2.17. The summed E-state index contributed by atoms with van der Waals surface area (Å²) >= 11 is 0. The molecule has 0 aliphatic carbocycles. The predicted molar refractivity (Wildman–Crippen MR) is 112 cm³/mol. The van der Waals surface area contributed by atoms with Gasteiger partial charge in [0.25, 0.3) is 15.9 Å². The molecule has 3 rings (SSSR count). The molecule has 0 aliphatic rings. The lowest BCUT2D eigenvalue weighted by molar-refractivity contribution is 0.0707. The Kier molecular flexibility index (Phi) is 6.64. The maximum absolute atomic E-state index is 12.8. The lowest BCUT2D eigenvalue weighted by Gasteiger charge is -2.22. The first-order valence-corrected chi connectivity index (χ1v) is 10.6. The average molecular weight is 410 g/mol. The zero-order chi connectivity index (χ0) is 20.7. The Morgan fingerprint density at radius 3 is 2.03 bits per heavy atom. The van der Waals surface area contributed by atoms with Gasteiger partial charge in [0.05, 0.1) is 11.5 Å². The number of para-hydroxylation sites is 1. The largest absolute Gasteiger partial charge is 0.395 e. The molecule has 3 aromatic carbocycles. The first kappa shape index (κ1) is 20.6. The maximum atomic E-state index is 12.8. The van der Waals surface area contributed by atoms with Crippen LogP contribution in [0, 0.1) is 0 Å². The molecule has 0 saturated carbocycles. The lowest BCUT2D eigenvalue weighted by Crippen LogP contribution is -2.33. The number of amides is 1. The van der Waals surface area contributed by atoms with E-state index in [4.69, 9.17) is 0 Å². The standard InChI is InChI=1S/C22H22N2O4S/c25-16-15-24(17-18-7-3-1-4-8-18)22(26)19-11-13-21(14-12-19)29(27,28)23-20-9-5-2-6-10-20/h1-14,23,25H,15-17H2. The van der Waals surface area contributed by atoms with Crippen LogP contribution in [-0.2, 0) is 16.6 Å². The van der Waals surface area contributed by atoms with Crippen molar-refractivity contribution in [1.82, 2.24) is 4.90 Å². The topological polar surface area (TPSA) is 86.7 Å². The fraction of sp³-hybridized carbons (Fsp3) is 0.136. The number of hydrogen-bond acceptors (Lipinski definition) is 4. The highest BCUT2D eigenvalue weighted by Gasteiger charge is 2.18. The Morgan fingerprint density at radius 1 is 0.862 bits per heavy atom. The van der Waals surface area contributed by atoms with Crippen LogP contribution in [-0.4, -0.2) is 37.5 Å². The third kappa shape index (κ3) is 5.43. The molecule has 6 nitrogen and oxygen atoms in total. The lowest BCUT2D eigenvalue weighted by atomic mass is 10.1. The predicted octanol–water partition coefficient (Wildman–Crippen LogP) is 3.12. The van der Waals surface area contributed by atoms with Crippen molar-refractivity contribution >= 4 is 21.6 Å². The second kappa shape index (κ2) is 9.36. The van der Waals surface area contributed by atoms with E-state index in [2.05, 4.69) is 4.72 Å². The number of sulfonamides is 1. The van der Waals surface area contributed by atoms with Gasteiger partial charge in [0.2, 0.25) is 0 Å². The van der Waals surface area contributed by atoms with Crippen molar-refractivity contribution in [3.63, 3.8) is 0 Å². The molecular weight excluding hydrogens is 388 g/mol. The normalized spacial score (nSPS) is 11.1. The second-order valence-electron chi connectivity index (χ2n) is 6.43. The molecule has 0 radical (unpaired) electrons. The number of hydrogen-bond donors (Lipinski definition) is 2. The van der Waals surface area contributed by atoms with Crippen molar-refractivity contribution in [1.29, 1.82) is 0 Å². The molecule has 0 spiro atoms. The quantitative estimate of drug-likeness (QED) is 0.597. The molecule has 29 heavy (non-hydrogen) atoms. The van der Waals surface area contributed by atoms with Gasteiger partial charge >= 0.3 is 0 Å². The molecule has 0 atom stereocenters. The summed E-state index contributed by atoms with van der Waals surface area (Å²) in [5.41, 5.74) is 1.76. The summed E-state index contributed by atoms with van der Waals surface area (Å²) in [6.45, 7) is 0.380. The SMILES string of the molecule is O=C(c1ccc(S(=O)(=O)Nc2ccccc2)cc1)N(CCO)Cc1ccccc1. The van der Waals surface area contributed by atoms with Gasteiger partial charge in [-0.3, -0.25) is 9.52 Å². The smallest absolute Gasteiger partial charge is 0.261 e. The fourth-order valence-electron chi connectivity index (χ4n) is 2.86. The second-order valence-corrected chi connectivity index (χ2v) is 8.11. The van der Waals surface area contributed by atoms with E-state index in [1.54, 1.807) is 30.3 Å². The van der Waals surface area contributed by atoms with Gasteiger partial charge in [-0.05, 0) is 42.0 Å². The molecule has 2 N–H and O–H groups in total. The fourth-order valence-corrected chi connectivity index (χ4v) is 3.92. The summed E-state index contributed by atoms with van der Waals surface area (Å²) in [5, 5.41) is 9.32. The molecular formula is C22H22N2O4S. The van der Waals surface area contributed by atoms with E-state index in [-0.39, 0.29) is 24.0 Å². The highest BCUT2D eigenvalue weighted by molar-refractivity contribution is 7.92. The van der Waals surface area contributed by atoms with E-state index in [1.807, 2.05) is 30.3 Å². The van der Waals surface area contributed by atoms with E-state index in [0.29, 0.717) is 17.8 Å². The van der Waals surface area contributed by atoms with Crippen LogP contribution in [0.5, 0.6) is 0 Å². The first-order valence-electron chi connectivity index (χ1n) is 9.11. The van der Waals surface area contributed by atoms with Crippen LogP contribution in [0.4, 0.5) is 5.69 Å². The summed E-state index contributed by atoms with van der Waals surface area (Å²) in [5.74, 6) is -0.275. The summed E-state index contributed by atoms with van der Waals surface area (Å²) in [7, 11) is -3.75. The van der Waals surface area contributed by atoms with E-state index in [9.17, 15) is 18.3 Å². The van der Waals surface area contributed by atoms with Crippen LogP contribution in [0.1, 0.15) is 15.9 Å². The van der Waals surface area contributed by atoms with E-state index < -0.39 is 10.0 Å². The number of rotatable bonds is 8. The third-order valence-corrected chi connectivity index (χ3v) is 5.71. The van der Waals surface area contributed by atoms with E-state index in [1.165, 1.54) is 29.2 Å². The van der Waals surface area contributed by atoms with Crippen molar-refractivity contribution in [2.24, 2.45) is 0 Å². The van der Waals surface area contributed by atoms with Gasteiger partial charge in [0.1, 0.15) is 0 Å².